The zero-order chi connectivity index (χ0) is 20.1. The minimum Gasteiger partial charge on any atom is -0.350 e. The smallest absolute Gasteiger partial charge is 0.241 e. The Kier molecular flexibility index (Phi) is 4.24. The van der Waals surface area contributed by atoms with Crippen molar-refractivity contribution in [3.63, 3.8) is 0 Å². The number of hydrogen-bond donors (Lipinski definition) is 2. The monoisotopic (exact) mass is 390 g/mol. The van der Waals surface area contributed by atoms with Crippen molar-refractivity contribution in [1.82, 2.24) is 34.4 Å². The number of imidazole rings is 1. The van der Waals surface area contributed by atoms with Crippen LogP contribution in [0.15, 0.2) is 30.7 Å². The predicted molar refractivity (Wildman–Crippen MR) is 114 cm³/mol. The van der Waals surface area contributed by atoms with Crippen molar-refractivity contribution >= 4 is 22.6 Å². The molecule has 0 unspecified atom stereocenters. The first-order valence-corrected chi connectivity index (χ1v) is 10.2. The van der Waals surface area contributed by atoms with Crippen LogP contribution in [-0.2, 0) is 0 Å². The molecule has 8 heteroatoms. The third-order valence-corrected chi connectivity index (χ3v) is 5.85. The van der Waals surface area contributed by atoms with Gasteiger partial charge in [0.05, 0.1) is 17.2 Å². The minimum atomic E-state index is 0.328. The van der Waals surface area contributed by atoms with Crippen molar-refractivity contribution in [1.29, 1.82) is 0 Å². The second-order valence-electron chi connectivity index (χ2n) is 8.13. The summed E-state index contributed by atoms with van der Waals surface area (Å²) in [5.41, 5.74) is 4.91. The molecule has 1 aliphatic rings. The van der Waals surface area contributed by atoms with Crippen molar-refractivity contribution in [2.24, 2.45) is 0 Å². The van der Waals surface area contributed by atoms with E-state index in [9.17, 15) is 0 Å². The fourth-order valence-corrected chi connectivity index (χ4v) is 4.25. The number of hydrogen-bond acceptors (Lipinski definition) is 6. The van der Waals surface area contributed by atoms with Crippen LogP contribution in [0.2, 0.25) is 0 Å². The number of aryl methyl sites for hydroxylation is 1. The van der Waals surface area contributed by atoms with Crippen LogP contribution in [0, 0.1) is 6.92 Å². The third-order valence-electron chi connectivity index (χ3n) is 5.85. The molecule has 0 spiro atoms. The first-order valence-electron chi connectivity index (χ1n) is 10.2. The molecular weight excluding hydrogens is 364 g/mol. The zero-order valence-corrected chi connectivity index (χ0v) is 17.2. The van der Waals surface area contributed by atoms with E-state index in [0.717, 1.165) is 46.5 Å². The van der Waals surface area contributed by atoms with Gasteiger partial charge in [0.2, 0.25) is 5.95 Å². The quantitative estimate of drug-likeness (QED) is 0.544. The van der Waals surface area contributed by atoms with Crippen LogP contribution in [0.4, 0.5) is 5.95 Å². The van der Waals surface area contributed by atoms with Crippen LogP contribution in [0.1, 0.15) is 38.6 Å². The van der Waals surface area contributed by atoms with Gasteiger partial charge < -0.3 is 15.2 Å². The standard InChI is InChI=1S/C21H26N8/c1-12(2)29-13(3)25-20-18(29)7-14(10-23-20)17-5-6-28-19(17)11-24-21(27-28)26-16-8-15(9-16)22-4/h5-7,10-12,15-16,22H,8-9H2,1-4H3,(H,26,27)/t15-,16+. The van der Waals surface area contributed by atoms with Crippen LogP contribution in [-0.4, -0.2) is 48.3 Å². The van der Waals surface area contributed by atoms with Gasteiger partial charge in [0.1, 0.15) is 5.82 Å². The number of fused-ring (bicyclic) bond motifs is 2. The van der Waals surface area contributed by atoms with E-state index in [1.165, 1.54) is 0 Å². The van der Waals surface area contributed by atoms with E-state index in [1.807, 2.05) is 37.1 Å². The van der Waals surface area contributed by atoms with Crippen molar-refractivity contribution < 1.29 is 0 Å². The van der Waals surface area contributed by atoms with Crippen LogP contribution < -0.4 is 10.6 Å². The fourth-order valence-electron chi connectivity index (χ4n) is 4.25. The van der Waals surface area contributed by atoms with Gasteiger partial charge in [-0.1, -0.05) is 0 Å². The van der Waals surface area contributed by atoms with Gasteiger partial charge in [-0.05, 0) is 52.8 Å². The van der Waals surface area contributed by atoms with E-state index in [1.54, 1.807) is 0 Å². The van der Waals surface area contributed by atoms with Gasteiger partial charge in [-0.15, -0.1) is 5.10 Å². The average molecular weight is 390 g/mol. The molecular formula is C21H26N8. The Bertz CT molecular complexity index is 1180. The Hall–Kier alpha value is -3.00. The molecule has 0 saturated heterocycles. The molecule has 8 nitrogen and oxygen atoms in total. The van der Waals surface area contributed by atoms with Gasteiger partial charge in [0.25, 0.3) is 0 Å². The van der Waals surface area contributed by atoms with Crippen molar-refractivity contribution in [3.8, 4) is 11.1 Å². The summed E-state index contributed by atoms with van der Waals surface area (Å²) in [6.07, 6.45) is 7.94. The largest absolute Gasteiger partial charge is 0.350 e. The summed E-state index contributed by atoms with van der Waals surface area (Å²) in [7, 11) is 2.01. The molecule has 29 heavy (non-hydrogen) atoms. The first-order chi connectivity index (χ1) is 14.0. The Morgan fingerprint density at radius 3 is 2.69 bits per heavy atom. The number of anilines is 1. The molecule has 1 fully saturated rings. The number of nitrogens with zero attached hydrogens (tertiary/aromatic N) is 6. The highest BCUT2D eigenvalue weighted by Crippen LogP contribution is 2.29. The van der Waals surface area contributed by atoms with Crippen molar-refractivity contribution in [3.05, 3.63) is 36.5 Å². The molecule has 0 aromatic carbocycles. The van der Waals surface area contributed by atoms with Gasteiger partial charge >= 0.3 is 0 Å². The maximum absolute atomic E-state index is 4.64. The van der Waals surface area contributed by atoms with E-state index in [0.29, 0.717) is 24.1 Å². The fraction of sp³-hybridized carbons (Fsp3) is 0.429. The van der Waals surface area contributed by atoms with Crippen LogP contribution in [0.3, 0.4) is 0 Å². The summed E-state index contributed by atoms with van der Waals surface area (Å²) in [5.74, 6) is 1.65. The van der Waals surface area contributed by atoms with E-state index >= 15 is 0 Å². The van der Waals surface area contributed by atoms with Gasteiger partial charge in [-0.2, -0.15) is 0 Å². The van der Waals surface area contributed by atoms with Gasteiger partial charge in [-0.25, -0.2) is 19.5 Å². The maximum atomic E-state index is 4.64. The SMILES string of the molecule is CN[C@H]1C[C@@H](Nc2ncc3c(-c4cnc5nc(C)n(C(C)C)c5c4)ccn3n2)C1. The summed E-state index contributed by atoms with van der Waals surface area (Å²) in [5, 5.41) is 11.4. The topological polar surface area (TPSA) is 85.0 Å². The summed E-state index contributed by atoms with van der Waals surface area (Å²) < 4.78 is 4.10. The lowest BCUT2D eigenvalue weighted by molar-refractivity contribution is 0.325. The molecule has 4 heterocycles. The molecule has 0 atom stereocenters. The van der Waals surface area contributed by atoms with Crippen molar-refractivity contribution in [2.75, 3.05) is 12.4 Å². The Balaban J connectivity index is 1.48. The van der Waals surface area contributed by atoms with Gasteiger partial charge in [0.15, 0.2) is 5.65 Å². The number of aromatic nitrogens is 6. The summed E-state index contributed by atoms with van der Waals surface area (Å²) in [6.45, 7) is 6.36. The molecule has 4 aromatic rings. The predicted octanol–water partition coefficient (Wildman–Crippen LogP) is 3.19. The summed E-state index contributed by atoms with van der Waals surface area (Å²) >= 11 is 0. The van der Waals surface area contributed by atoms with E-state index < -0.39 is 0 Å². The zero-order valence-electron chi connectivity index (χ0n) is 17.2. The van der Waals surface area contributed by atoms with Gasteiger partial charge in [0, 0.05) is 41.6 Å². The molecule has 1 saturated carbocycles. The van der Waals surface area contributed by atoms with Crippen LogP contribution >= 0.6 is 0 Å². The Morgan fingerprint density at radius 2 is 1.93 bits per heavy atom. The summed E-state index contributed by atoms with van der Waals surface area (Å²) in [6, 6.07) is 5.59. The number of rotatable bonds is 5. The highest BCUT2D eigenvalue weighted by molar-refractivity contribution is 5.85. The normalized spacial score (nSPS) is 19.2. The number of nitrogens with one attached hydrogen (secondary N) is 2. The van der Waals surface area contributed by atoms with Crippen LogP contribution in [0.5, 0.6) is 0 Å². The lowest BCUT2D eigenvalue weighted by atomic mass is 9.87. The first kappa shape index (κ1) is 18.1. The molecule has 2 N–H and O–H groups in total. The third kappa shape index (κ3) is 3.04. The molecule has 1 aliphatic carbocycles. The van der Waals surface area contributed by atoms with Crippen LogP contribution in [0.25, 0.3) is 27.8 Å². The highest BCUT2D eigenvalue weighted by atomic mass is 15.3. The summed E-state index contributed by atoms with van der Waals surface area (Å²) in [4.78, 5) is 13.7. The van der Waals surface area contributed by atoms with E-state index in [4.69, 9.17) is 0 Å². The second kappa shape index (κ2) is 6.81. The maximum Gasteiger partial charge on any atom is 0.241 e. The second-order valence-corrected chi connectivity index (χ2v) is 8.13. The Morgan fingerprint density at radius 1 is 1.10 bits per heavy atom. The lowest BCUT2D eigenvalue weighted by Crippen LogP contribution is -2.46. The molecule has 4 aromatic heterocycles. The molecule has 0 aliphatic heterocycles. The number of pyridine rings is 1. The highest BCUT2D eigenvalue weighted by Gasteiger charge is 2.28. The van der Waals surface area contributed by atoms with E-state index in [-0.39, 0.29) is 0 Å². The average Bonchev–Trinajstić information content (AvgIpc) is 3.23. The van der Waals surface area contributed by atoms with E-state index in [2.05, 4.69) is 61.2 Å². The lowest BCUT2D eigenvalue weighted by Gasteiger charge is -2.35. The Labute approximate surface area is 169 Å². The van der Waals surface area contributed by atoms with Gasteiger partial charge in [-0.3, -0.25) is 0 Å². The molecule has 0 bridgehead atoms. The molecule has 150 valence electrons. The molecule has 0 radical (unpaired) electrons. The minimum absolute atomic E-state index is 0.328. The molecule has 0 amide bonds. The van der Waals surface area contributed by atoms with Crippen molar-refractivity contribution in [2.45, 2.75) is 51.7 Å². The molecule has 5 rings (SSSR count).